The lowest BCUT2D eigenvalue weighted by atomic mass is 10.1. The lowest BCUT2D eigenvalue weighted by Crippen LogP contribution is -2.46. The van der Waals surface area contributed by atoms with Crippen LogP contribution in [0.25, 0.3) is 10.9 Å². The van der Waals surface area contributed by atoms with Crippen molar-refractivity contribution in [3.05, 3.63) is 107 Å². The standard InChI is InChI=1S/C33H37N3O2/c1-23(2)36(33(38)30-19-29(30)26-9-5-4-6-10-26)22-32(37)35(21-25-15-13-24(3)14-16-25)18-17-27-20-34-31-12-8-7-11-28(27)31/h4-16,20,23,29-30,34H,17-19,21-22H2,1-3H3. The normalized spacial score (nSPS) is 16.5. The van der Waals surface area contributed by atoms with Gasteiger partial charge in [-0.3, -0.25) is 9.59 Å². The summed E-state index contributed by atoms with van der Waals surface area (Å²) in [5.41, 5.74) is 5.80. The van der Waals surface area contributed by atoms with Gasteiger partial charge in [0.1, 0.15) is 0 Å². The maximum Gasteiger partial charge on any atom is 0.242 e. The molecule has 2 atom stereocenters. The minimum atomic E-state index is -0.0432. The number of fused-ring (bicyclic) bond motifs is 1. The van der Waals surface area contributed by atoms with Gasteiger partial charge >= 0.3 is 0 Å². The predicted octanol–water partition coefficient (Wildman–Crippen LogP) is 6.09. The summed E-state index contributed by atoms with van der Waals surface area (Å²) in [6, 6.07) is 26.8. The fraction of sp³-hybridized carbons (Fsp3) is 0.333. The Morgan fingerprint density at radius 2 is 1.66 bits per heavy atom. The number of benzene rings is 3. The molecule has 1 N–H and O–H groups in total. The molecule has 0 radical (unpaired) electrons. The molecule has 1 saturated carbocycles. The van der Waals surface area contributed by atoms with Crippen LogP contribution in [-0.4, -0.2) is 45.7 Å². The number of hydrogen-bond donors (Lipinski definition) is 1. The van der Waals surface area contributed by atoms with E-state index in [4.69, 9.17) is 0 Å². The number of aromatic amines is 1. The quantitative estimate of drug-likeness (QED) is 0.282. The van der Waals surface area contributed by atoms with Crippen molar-refractivity contribution in [1.82, 2.24) is 14.8 Å². The Bertz CT molecular complexity index is 1390. The average Bonchev–Trinajstić information content (AvgIpc) is 3.63. The van der Waals surface area contributed by atoms with Crippen molar-refractivity contribution in [3.63, 3.8) is 0 Å². The summed E-state index contributed by atoms with van der Waals surface area (Å²) >= 11 is 0. The van der Waals surface area contributed by atoms with E-state index in [1.807, 2.05) is 55.3 Å². The van der Waals surface area contributed by atoms with Gasteiger partial charge in [0.2, 0.25) is 11.8 Å². The molecule has 1 aliphatic carbocycles. The van der Waals surface area contributed by atoms with E-state index in [0.717, 1.165) is 23.9 Å². The highest BCUT2D eigenvalue weighted by atomic mass is 16.2. The van der Waals surface area contributed by atoms with Crippen molar-refractivity contribution in [2.24, 2.45) is 5.92 Å². The number of rotatable bonds is 10. The molecule has 0 aliphatic heterocycles. The molecule has 5 nitrogen and oxygen atoms in total. The van der Waals surface area contributed by atoms with Crippen LogP contribution in [0.3, 0.4) is 0 Å². The van der Waals surface area contributed by atoms with Crippen LogP contribution < -0.4 is 0 Å². The van der Waals surface area contributed by atoms with Gasteiger partial charge in [-0.1, -0.05) is 78.4 Å². The fourth-order valence-electron chi connectivity index (χ4n) is 5.31. The van der Waals surface area contributed by atoms with E-state index >= 15 is 0 Å². The van der Waals surface area contributed by atoms with E-state index in [1.54, 1.807) is 4.90 Å². The number of nitrogens with zero attached hydrogens (tertiary/aromatic N) is 2. The number of nitrogens with one attached hydrogen (secondary N) is 1. The molecule has 0 spiro atoms. The van der Waals surface area contributed by atoms with Crippen LogP contribution in [0.2, 0.25) is 0 Å². The summed E-state index contributed by atoms with van der Waals surface area (Å²) in [5, 5.41) is 1.19. The van der Waals surface area contributed by atoms with Gasteiger partial charge in [-0.25, -0.2) is 0 Å². The van der Waals surface area contributed by atoms with Gasteiger partial charge < -0.3 is 14.8 Å². The SMILES string of the molecule is Cc1ccc(CN(CCc2c[nH]c3ccccc23)C(=O)CN(C(=O)C2CC2c2ccccc2)C(C)C)cc1. The largest absolute Gasteiger partial charge is 0.361 e. The zero-order valence-electron chi connectivity index (χ0n) is 22.6. The molecule has 5 rings (SSSR count). The van der Waals surface area contributed by atoms with Crippen molar-refractivity contribution in [2.45, 2.75) is 52.1 Å². The highest BCUT2D eigenvalue weighted by Crippen LogP contribution is 2.48. The lowest BCUT2D eigenvalue weighted by Gasteiger charge is -2.30. The third-order valence-corrected chi connectivity index (χ3v) is 7.72. The van der Waals surface area contributed by atoms with Crippen molar-refractivity contribution < 1.29 is 9.59 Å². The zero-order valence-corrected chi connectivity index (χ0v) is 22.6. The van der Waals surface area contributed by atoms with E-state index in [9.17, 15) is 9.59 Å². The molecule has 5 heteroatoms. The molecular weight excluding hydrogens is 470 g/mol. The van der Waals surface area contributed by atoms with Crippen molar-refractivity contribution in [2.75, 3.05) is 13.1 Å². The number of carbonyl (C=O) groups excluding carboxylic acids is 2. The number of para-hydroxylation sites is 1. The summed E-state index contributed by atoms with van der Waals surface area (Å²) in [4.78, 5) is 34.3. The number of aromatic nitrogens is 1. The molecule has 1 aliphatic rings. The first-order valence-electron chi connectivity index (χ1n) is 13.6. The lowest BCUT2D eigenvalue weighted by molar-refractivity contribution is -0.143. The Morgan fingerprint density at radius 3 is 2.39 bits per heavy atom. The fourth-order valence-corrected chi connectivity index (χ4v) is 5.31. The summed E-state index contributed by atoms with van der Waals surface area (Å²) < 4.78 is 0. The van der Waals surface area contributed by atoms with Crippen LogP contribution in [-0.2, 0) is 22.6 Å². The van der Waals surface area contributed by atoms with Gasteiger partial charge in [-0.05, 0) is 62.3 Å². The maximum absolute atomic E-state index is 13.8. The second-order valence-electron chi connectivity index (χ2n) is 10.8. The van der Waals surface area contributed by atoms with Gasteiger partial charge in [0.05, 0.1) is 6.54 Å². The van der Waals surface area contributed by atoms with Crippen LogP contribution >= 0.6 is 0 Å². The Morgan fingerprint density at radius 1 is 0.947 bits per heavy atom. The van der Waals surface area contributed by atoms with Gasteiger partial charge in [0, 0.05) is 42.1 Å². The highest BCUT2D eigenvalue weighted by molar-refractivity contribution is 5.88. The van der Waals surface area contributed by atoms with Gasteiger partial charge in [-0.2, -0.15) is 0 Å². The van der Waals surface area contributed by atoms with Crippen LogP contribution in [0, 0.1) is 12.8 Å². The Labute approximate surface area is 225 Å². The van der Waals surface area contributed by atoms with E-state index in [1.165, 1.54) is 22.1 Å². The van der Waals surface area contributed by atoms with Crippen molar-refractivity contribution >= 4 is 22.7 Å². The first-order chi connectivity index (χ1) is 18.4. The van der Waals surface area contributed by atoms with Gasteiger partial charge in [0.25, 0.3) is 0 Å². The Kier molecular flexibility index (Phi) is 7.64. The number of amides is 2. The number of aryl methyl sites for hydroxylation is 1. The zero-order chi connectivity index (χ0) is 26.6. The summed E-state index contributed by atoms with van der Waals surface area (Å²) in [6.07, 6.45) is 3.64. The molecule has 4 aromatic rings. The monoisotopic (exact) mass is 507 g/mol. The molecular formula is C33H37N3O2. The van der Waals surface area contributed by atoms with Crippen LogP contribution in [0.4, 0.5) is 0 Å². The first-order valence-corrected chi connectivity index (χ1v) is 13.6. The topological polar surface area (TPSA) is 56.4 Å². The number of H-pyrrole nitrogens is 1. The second kappa shape index (κ2) is 11.3. The molecule has 1 heterocycles. The van der Waals surface area contributed by atoms with Gasteiger partial charge in [0.15, 0.2) is 0 Å². The third kappa shape index (κ3) is 5.83. The maximum atomic E-state index is 13.8. The molecule has 3 aromatic carbocycles. The van der Waals surface area contributed by atoms with Gasteiger partial charge in [-0.15, -0.1) is 0 Å². The summed E-state index contributed by atoms with van der Waals surface area (Å²) in [7, 11) is 0. The molecule has 2 amide bonds. The second-order valence-corrected chi connectivity index (χ2v) is 10.8. The first kappa shape index (κ1) is 25.8. The Hall–Kier alpha value is -3.86. The molecule has 1 aromatic heterocycles. The molecule has 0 saturated heterocycles. The van der Waals surface area contributed by atoms with Crippen LogP contribution in [0.1, 0.15) is 48.4 Å². The molecule has 1 fully saturated rings. The third-order valence-electron chi connectivity index (χ3n) is 7.72. The smallest absolute Gasteiger partial charge is 0.242 e. The average molecular weight is 508 g/mol. The van der Waals surface area contributed by atoms with E-state index in [0.29, 0.717) is 13.1 Å². The number of hydrogen-bond acceptors (Lipinski definition) is 2. The summed E-state index contributed by atoms with van der Waals surface area (Å²) in [5.74, 6) is 0.299. The van der Waals surface area contributed by atoms with Crippen molar-refractivity contribution in [1.29, 1.82) is 0 Å². The molecule has 38 heavy (non-hydrogen) atoms. The van der Waals surface area contributed by atoms with Crippen molar-refractivity contribution in [3.8, 4) is 0 Å². The summed E-state index contributed by atoms with van der Waals surface area (Å²) in [6.45, 7) is 7.29. The van der Waals surface area contributed by atoms with E-state index in [2.05, 4.69) is 60.4 Å². The molecule has 0 bridgehead atoms. The predicted molar refractivity (Wildman–Crippen MR) is 153 cm³/mol. The van der Waals surface area contributed by atoms with Crippen LogP contribution in [0.5, 0.6) is 0 Å². The minimum absolute atomic E-state index is 0.00984. The Balaban J connectivity index is 1.31. The number of carbonyl (C=O) groups is 2. The van der Waals surface area contributed by atoms with E-state index < -0.39 is 0 Å². The van der Waals surface area contributed by atoms with Crippen LogP contribution in [0.15, 0.2) is 85.1 Å². The molecule has 2 unspecified atom stereocenters. The minimum Gasteiger partial charge on any atom is -0.361 e. The van der Waals surface area contributed by atoms with E-state index in [-0.39, 0.29) is 36.2 Å². The highest BCUT2D eigenvalue weighted by Gasteiger charge is 2.46. The molecule has 196 valence electrons.